The van der Waals surface area contributed by atoms with E-state index in [0.717, 1.165) is 5.56 Å². The van der Waals surface area contributed by atoms with Crippen molar-refractivity contribution < 1.29 is 13.9 Å². The number of esters is 1. The first kappa shape index (κ1) is 13.2. The Morgan fingerprint density at radius 2 is 2.06 bits per heavy atom. The Labute approximate surface area is 103 Å². The molecule has 88 valence electrons. The molecule has 1 aromatic carbocycles. The molecule has 0 heterocycles. The van der Waals surface area contributed by atoms with Crippen molar-refractivity contribution in [2.24, 2.45) is 0 Å². The Morgan fingerprint density at radius 1 is 1.44 bits per heavy atom. The fourth-order valence-electron chi connectivity index (χ4n) is 1.35. The van der Waals surface area contributed by atoms with Gasteiger partial charge in [-0.25, -0.2) is 4.39 Å². The van der Waals surface area contributed by atoms with E-state index in [0.29, 0.717) is 19.4 Å². The number of alkyl halides is 1. The van der Waals surface area contributed by atoms with E-state index >= 15 is 0 Å². The predicted molar refractivity (Wildman–Crippen MR) is 64.1 cm³/mol. The smallest absolute Gasteiger partial charge is 0.306 e. The van der Waals surface area contributed by atoms with E-state index in [2.05, 4.69) is 15.9 Å². The molecule has 0 radical (unpaired) electrons. The summed E-state index contributed by atoms with van der Waals surface area (Å²) in [5, 5.41) is 0. The van der Waals surface area contributed by atoms with Gasteiger partial charge in [0.1, 0.15) is 5.82 Å². The maximum atomic E-state index is 12.6. The van der Waals surface area contributed by atoms with Crippen LogP contribution in [0, 0.1) is 5.82 Å². The highest BCUT2D eigenvalue weighted by Crippen LogP contribution is 2.14. The average molecular weight is 289 g/mol. The summed E-state index contributed by atoms with van der Waals surface area (Å²) in [5.41, 5.74) is 0.993. The molecular formula is C12H14BrFO2. The molecule has 1 aromatic rings. The van der Waals surface area contributed by atoms with Crippen LogP contribution in [0.2, 0.25) is 0 Å². The molecule has 1 atom stereocenters. The Balaban J connectivity index is 2.42. The van der Waals surface area contributed by atoms with Gasteiger partial charge in [0.2, 0.25) is 0 Å². The van der Waals surface area contributed by atoms with E-state index in [-0.39, 0.29) is 16.6 Å². The van der Waals surface area contributed by atoms with Crippen molar-refractivity contribution in [2.45, 2.75) is 24.6 Å². The molecule has 1 rings (SSSR count). The van der Waals surface area contributed by atoms with Gasteiger partial charge in [-0.1, -0.05) is 28.1 Å². The Kier molecular flexibility index (Phi) is 5.46. The molecule has 1 unspecified atom stereocenters. The van der Waals surface area contributed by atoms with Gasteiger partial charge in [0.25, 0.3) is 0 Å². The zero-order chi connectivity index (χ0) is 12.0. The Bertz CT molecular complexity index is 337. The third-order valence-corrected chi connectivity index (χ3v) is 2.71. The van der Waals surface area contributed by atoms with E-state index < -0.39 is 0 Å². The third-order valence-electron chi connectivity index (χ3n) is 2.06. The normalized spacial score (nSPS) is 12.2. The maximum absolute atomic E-state index is 12.6. The summed E-state index contributed by atoms with van der Waals surface area (Å²) in [4.78, 5) is 11.2. The second kappa shape index (κ2) is 6.63. The van der Waals surface area contributed by atoms with Crippen molar-refractivity contribution in [1.29, 1.82) is 0 Å². The van der Waals surface area contributed by atoms with Crippen LogP contribution in [0.15, 0.2) is 24.3 Å². The predicted octanol–water partition coefficient (Wildman–Crippen LogP) is 3.08. The molecular weight excluding hydrogens is 275 g/mol. The van der Waals surface area contributed by atoms with Crippen LogP contribution in [0.3, 0.4) is 0 Å². The van der Waals surface area contributed by atoms with E-state index in [1.807, 2.05) is 0 Å². The summed E-state index contributed by atoms with van der Waals surface area (Å²) in [6.45, 7) is 2.18. The van der Waals surface area contributed by atoms with Crippen molar-refractivity contribution in [3.8, 4) is 0 Å². The number of hydrogen-bond donors (Lipinski definition) is 0. The van der Waals surface area contributed by atoms with Crippen LogP contribution in [0.1, 0.15) is 18.9 Å². The molecule has 0 fully saturated rings. The zero-order valence-corrected chi connectivity index (χ0v) is 10.7. The van der Waals surface area contributed by atoms with Gasteiger partial charge in [0.05, 0.1) is 13.0 Å². The number of halogens is 2. The van der Waals surface area contributed by atoms with E-state index in [1.54, 1.807) is 19.1 Å². The van der Waals surface area contributed by atoms with Crippen LogP contribution in [-0.2, 0) is 16.0 Å². The van der Waals surface area contributed by atoms with Crippen molar-refractivity contribution in [3.05, 3.63) is 35.6 Å². The second-order valence-electron chi connectivity index (χ2n) is 3.44. The van der Waals surface area contributed by atoms with Gasteiger partial charge >= 0.3 is 5.97 Å². The number of ether oxygens (including phenoxy) is 1. The van der Waals surface area contributed by atoms with Gasteiger partial charge in [-0.2, -0.15) is 0 Å². The van der Waals surface area contributed by atoms with Crippen LogP contribution in [0.25, 0.3) is 0 Å². The van der Waals surface area contributed by atoms with Crippen molar-refractivity contribution in [1.82, 2.24) is 0 Å². The summed E-state index contributed by atoms with van der Waals surface area (Å²) >= 11 is 3.41. The summed E-state index contributed by atoms with van der Waals surface area (Å²) in [6.07, 6.45) is 1.00. The molecule has 0 N–H and O–H groups in total. The molecule has 2 nitrogen and oxygen atoms in total. The summed E-state index contributed by atoms with van der Waals surface area (Å²) in [5.74, 6) is -0.466. The fraction of sp³-hybridized carbons (Fsp3) is 0.417. The first-order chi connectivity index (χ1) is 7.61. The van der Waals surface area contributed by atoms with Crippen LogP contribution in [-0.4, -0.2) is 17.4 Å². The number of hydrogen-bond acceptors (Lipinski definition) is 2. The van der Waals surface area contributed by atoms with Crippen molar-refractivity contribution >= 4 is 21.9 Å². The highest BCUT2D eigenvalue weighted by molar-refractivity contribution is 9.09. The number of benzene rings is 1. The van der Waals surface area contributed by atoms with E-state index in [4.69, 9.17) is 4.74 Å². The Morgan fingerprint density at radius 3 is 2.62 bits per heavy atom. The van der Waals surface area contributed by atoms with Crippen molar-refractivity contribution in [2.75, 3.05) is 6.61 Å². The lowest BCUT2D eigenvalue weighted by Gasteiger charge is -2.09. The minimum atomic E-state index is -0.250. The molecule has 0 amide bonds. The highest BCUT2D eigenvalue weighted by Gasteiger charge is 2.12. The number of carbonyl (C=O) groups is 1. The lowest BCUT2D eigenvalue weighted by Crippen LogP contribution is -2.13. The quantitative estimate of drug-likeness (QED) is 0.615. The molecule has 0 aliphatic heterocycles. The molecule has 0 bridgehead atoms. The lowest BCUT2D eigenvalue weighted by molar-refractivity contribution is -0.143. The largest absolute Gasteiger partial charge is 0.466 e. The zero-order valence-electron chi connectivity index (χ0n) is 9.08. The monoisotopic (exact) mass is 288 g/mol. The molecule has 0 saturated heterocycles. The molecule has 0 aromatic heterocycles. The Hall–Kier alpha value is -0.900. The van der Waals surface area contributed by atoms with Gasteiger partial charge < -0.3 is 4.74 Å². The SMILES string of the molecule is CCOC(=O)CC(Br)Cc1ccc(F)cc1. The van der Waals surface area contributed by atoms with Crippen LogP contribution in [0.4, 0.5) is 4.39 Å². The van der Waals surface area contributed by atoms with Crippen LogP contribution < -0.4 is 0 Å². The topological polar surface area (TPSA) is 26.3 Å². The summed E-state index contributed by atoms with van der Waals surface area (Å²) in [7, 11) is 0. The van der Waals surface area contributed by atoms with E-state index in [9.17, 15) is 9.18 Å². The molecule has 0 saturated carbocycles. The minimum absolute atomic E-state index is 0.0250. The number of rotatable bonds is 5. The molecule has 0 spiro atoms. The van der Waals surface area contributed by atoms with Gasteiger partial charge in [-0.3, -0.25) is 4.79 Å². The first-order valence-corrected chi connectivity index (χ1v) is 6.07. The van der Waals surface area contributed by atoms with Gasteiger partial charge in [0.15, 0.2) is 0 Å². The fourth-order valence-corrected chi connectivity index (χ4v) is 1.99. The molecule has 0 aliphatic rings. The second-order valence-corrected chi connectivity index (χ2v) is 4.73. The molecule has 0 aliphatic carbocycles. The number of carbonyl (C=O) groups excluding carboxylic acids is 1. The summed E-state index contributed by atoms with van der Waals surface area (Å²) < 4.78 is 17.5. The van der Waals surface area contributed by atoms with Crippen LogP contribution in [0.5, 0.6) is 0 Å². The maximum Gasteiger partial charge on any atom is 0.306 e. The molecule has 4 heteroatoms. The summed E-state index contributed by atoms with van der Waals surface area (Å²) in [6, 6.07) is 6.27. The van der Waals surface area contributed by atoms with Gasteiger partial charge in [-0.15, -0.1) is 0 Å². The van der Waals surface area contributed by atoms with Crippen LogP contribution >= 0.6 is 15.9 Å². The van der Waals surface area contributed by atoms with E-state index in [1.165, 1.54) is 12.1 Å². The molecule has 16 heavy (non-hydrogen) atoms. The van der Waals surface area contributed by atoms with Crippen molar-refractivity contribution in [3.63, 3.8) is 0 Å². The van der Waals surface area contributed by atoms with Gasteiger partial charge in [-0.05, 0) is 31.0 Å². The highest BCUT2D eigenvalue weighted by atomic mass is 79.9. The first-order valence-electron chi connectivity index (χ1n) is 5.16. The lowest BCUT2D eigenvalue weighted by atomic mass is 10.1. The van der Waals surface area contributed by atoms with Gasteiger partial charge in [0, 0.05) is 4.83 Å². The minimum Gasteiger partial charge on any atom is -0.466 e. The standard InChI is InChI=1S/C12H14BrFO2/c1-2-16-12(15)8-10(13)7-9-3-5-11(14)6-4-9/h3-6,10H,2,7-8H2,1H3. The average Bonchev–Trinajstić information content (AvgIpc) is 2.21. The third kappa shape index (κ3) is 4.75.